The summed E-state index contributed by atoms with van der Waals surface area (Å²) >= 11 is 0. The number of guanidine groups is 1. The number of methoxy groups -OCH3 is 2. The van der Waals surface area contributed by atoms with Crippen molar-refractivity contribution in [2.45, 2.75) is 26.3 Å². The van der Waals surface area contributed by atoms with Crippen molar-refractivity contribution in [2.75, 3.05) is 41.0 Å². The minimum Gasteiger partial charge on any atom is -0.493 e. The third-order valence-corrected chi connectivity index (χ3v) is 3.19. The van der Waals surface area contributed by atoms with Gasteiger partial charge in [0.1, 0.15) is 0 Å². The van der Waals surface area contributed by atoms with Crippen molar-refractivity contribution < 1.29 is 14.2 Å². The van der Waals surface area contributed by atoms with Crippen molar-refractivity contribution >= 4 is 5.96 Å². The number of hydrogen-bond donors (Lipinski definition) is 2. The SMILES string of the molecule is CCCOc1ccc(CNC(=NC)NCCCOC)cc1OC. The van der Waals surface area contributed by atoms with Gasteiger partial charge in [0, 0.05) is 33.9 Å². The molecule has 0 heterocycles. The van der Waals surface area contributed by atoms with Crippen LogP contribution in [0.1, 0.15) is 25.3 Å². The number of aliphatic imine (C=N–C) groups is 1. The first kappa shape index (κ1) is 19.1. The Morgan fingerprint density at radius 3 is 2.61 bits per heavy atom. The molecule has 1 aromatic rings. The fraction of sp³-hybridized carbons (Fsp3) is 0.588. The molecule has 23 heavy (non-hydrogen) atoms. The molecule has 0 aliphatic carbocycles. The van der Waals surface area contributed by atoms with E-state index in [9.17, 15) is 0 Å². The van der Waals surface area contributed by atoms with Gasteiger partial charge in [-0.15, -0.1) is 0 Å². The molecular formula is C17H29N3O3. The Morgan fingerprint density at radius 2 is 1.96 bits per heavy atom. The molecule has 0 aliphatic heterocycles. The number of hydrogen-bond acceptors (Lipinski definition) is 4. The van der Waals surface area contributed by atoms with Crippen LogP contribution in [0.3, 0.4) is 0 Å². The second-order valence-electron chi connectivity index (χ2n) is 5.03. The van der Waals surface area contributed by atoms with Gasteiger partial charge in [0.25, 0.3) is 0 Å². The molecule has 1 rings (SSSR count). The summed E-state index contributed by atoms with van der Waals surface area (Å²) in [7, 11) is 5.11. The number of ether oxygens (including phenoxy) is 3. The Hall–Kier alpha value is -1.95. The van der Waals surface area contributed by atoms with Crippen LogP contribution in [-0.2, 0) is 11.3 Å². The largest absolute Gasteiger partial charge is 0.493 e. The summed E-state index contributed by atoms with van der Waals surface area (Å²) in [6.45, 7) is 4.98. The maximum absolute atomic E-state index is 5.66. The Morgan fingerprint density at radius 1 is 1.13 bits per heavy atom. The monoisotopic (exact) mass is 323 g/mol. The number of benzene rings is 1. The topological polar surface area (TPSA) is 64.1 Å². The van der Waals surface area contributed by atoms with Gasteiger partial charge in [0.15, 0.2) is 17.5 Å². The highest BCUT2D eigenvalue weighted by molar-refractivity contribution is 5.79. The quantitative estimate of drug-likeness (QED) is 0.392. The summed E-state index contributed by atoms with van der Waals surface area (Å²) in [5, 5.41) is 6.52. The van der Waals surface area contributed by atoms with E-state index in [4.69, 9.17) is 14.2 Å². The zero-order valence-electron chi connectivity index (χ0n) is 14.6. The van der Waals surface area contributed by atoms with Gasteiger partial charge >= 0.3 is 0 Å². The van der Waals surface area contributed by atoms with Gasteiger partial charge in [-0.25, -0.2) is 0 Å². The Bertz CT molecular complexity index is 478. The summed E-state index contributed by atoms with van der Waals surface area (Å²) in [6, 6.07) is 5.95. The van der Waals surface area contributed by atoms with Crippen molar-refractivity contribution in [3.63, 3.8) is 0 Å². The predicted molar refractivity (Wildman–Crippen MR) is 93.5 cm³/mol. The highest BCUT2D eigenvalue weighted by Crippen LogP contribution is 2.28. The lowest BCUT2D eigenvalue weighted by Crippen LogP contribution is -2.37. The fourth-order valence-corrected chi connectivity index (χ4v) is 1.98. The number of rotatable bonds is 10. The number of nitrogens with zero attached hydrogens (tertiary/aromatic N) is 1. The molecular weight excluding hydrogens is 294 g/mol. The normalized spacial score (nSPS) is 11.2. The molecule has 0 saturated heterocycles. The second kappa shape index (κ2) is 11.6. The van der Waals surface area contributed by atoms with Gasteiger partial charge < -0.3 is 24.8 Å². The van der Waals surface area contributed by atoms with Gasteiger partial charge in [-0.3, -0.25) is 4.99 Å². The highest BCUT2D eigenvalue weighted by atomic mass is 16.5. The molecule has 0 unspecified atom stereocenters. The lowest BCUT2D eigenvalue weighted by molar-refractivity contribution is 0.195. The van der Waals surface area contributed by atoms with Crippen molar-refractivity contribution in [1.29, 1.82) is 0 Å². The van der Waals surface area contributed by atoms with Crippen LogP contribution in [0.25, 0.3) is 0 Å². The van der Waals surface area contributed by atoms with Gasteiger partial charge in [-0.2, -0.15) is 0 Å². The average molecular weight is 323 g/mol. The molecule has 0 spiro atoms. The van der Waals surface area contributed by atoms with Crippen LogP contribution in [0, 0.1) is 0 Å². The smallest absolute Gasteiger partial charge is 0.191 e. The molecule has 0 amide bonds. The van der Waals surface area contributed by atoms with Crippen LogP contribution in [0.2, 0.25) is 0 Å². The van der Waals surface area contributed by atoms with Crippen molar-refractivity contribution in [3.05, 3.63) is 23.8 Å². The molecule has 0 atom stereocenters. The zero-order chi connectivity index (χ0) is 16.9. The van der Waals surface area contributed by atoms with E-state index in [0.717, 1.165) is 49.0 Å². The first-order valence-electron chi connectivity index (χ1n) is 7.98. The standard InChI is InChI=1S/C17H29N3O3/c1-5-10-23-15-8-7-14(12-16(15)22-4)13-20-17(18-2)19-9-6-11-21-3/h7-8,12H,5-6,9-11,13H2,1-4H3,(H2,18,19,20). The maximum atomic E-state index is 5.66. The first-order chi connectivity index (χ1) is 11.2. The molecule has 2 N–H and O–H groups in total. The molecule has 0 bridgehead atoms. The molecule has 0 fully saturated rings. The van der Waals surface area contributed by atoms with Crippen molar-refractivity contribution in [3.8, 4) is 11.5 Å². The zero-order valence-corrected chi connectivity index (χ0v) is 14.6. The van der Waals surface area contributed by atoms with Crippen molar-refractivity contribution in [2.24, 2.45) is 4.99 Å². The number of nitrogens with one attached hydrogen (secondary N) is 2. The van der Waals surface area contributed by atoms with E-state index < -0.39 is 0 Å². The van der Waals surface area contributed by atoms with Gasteiger partial charge in [-0.05, 0) is 30.5 Å². The van der Waals surface area contributed by atoms with Crippen LogP contribution in [0.15, 0.2) is 23.2 Å². The van der Waals surface area contributed by atoms with E-state index in [-0.39, 0.29) is 0 Å². The predicted octanol–water partition coefficient (Wildman–Crippen LogP) is 2.19. The van der Waals surface area contributed by atoms with Crippen LogP contribution in [-0.4, -0.2) is 47.0 Å². The minimum absolute atomic E-state index is 0.661. The third kappa shape index (κ3) is 7.23. The summed E-state index contributed by atoms with van der Waals surface area (Å²) in [4.78, 5) is 4.20. The highest BCUT2D eigenvalue weighted by Gasteiger charge is 2.06. The van der Waals surface area contributed by atoms with Crippen LogP contribution in [0.5, 0.6) is 11.5 Å². The average Bonchev–Trinajstić information content (AvgIpc) is 2.59. The summed E-state index contributed by atoms with van der Waals surface area (Å²) in [5.74, 6) is 2.30. The van der Waals surface area contributed by atoms with Crippen molar-refractivity contribution in [1.82, 2.24) is 10.6 Å². The third-order valence-electron chi connectivity index (χ3n) is 3.19. The van der Waals surface area contributed by atoms with E-state index in [0.29, 0.717) is 13.2 Å². The molecule has 6 nitrogen and oxygen atoms in total. The molecule has 130 valence electrons. The van der Waals surface area contributed by atoms with Crippen LogP contribution >= 0.6 is 0 Å². The Balaban J connectivity index is 2.52. The molecule has 6 heteroatoms. The van der Waals surface area contributed by atoms with E-state index in [2.05, 4.69) is 22.5 Å². The lowest BCUT2D eigenvalue weighted by Gasteiger charge is -2.14. The summed E-state index contributed by atoms with van der Waals surface area (Å²) < 4.78 is 16.1. The van der Waals surface area contributed by atoms with E-state index in [1.807, 2.05) is 18.2 Å². The Kier molecular flexibility index (Phi) is 9.63. The minimum atomic E-state index is 0.661. The molecule has 0 aliphatic rings. The molecule has 0 radical (unpaired) electrons. The molecule has 1 aromatic carbocycles. The second-order valence-corrected chi connectivity index (χ2v) is 5.03. The Labute approximate surface area is 139 Å². The van der Waals surface area contributed by atoms with E-state index >= 15 is 0 Å². The molecule has 0 aromatic heterocycles. The maximum Gasteiger partial charge on any atom is 0.191 e. The fourth-order valence-electron chi connectivity index (χ4n) is 1.98. The van der Waals surface area contributed by atoms with E-state index in [1.165, 1.54) is 0 Å². The van der Waals surface area contributed by atoms with Gasteiger partial charge in [-0.1, -0.05) is 13.0 Å². The lowest BCUT2D eigenvalue weighted by atomic mass is 10.2. The van der Waals surface area contributed by atoms with Gasteiger partial charge in [0.2, 0.25) is 0 Å². The summed E-state index contributed by atoms with van der Waals surface area (Å²) in [5.41, 5.74) is 1.10. The summed E-state index contributed by atoms with van der Waals surface area (Å²) in [6.07, 6.45) is 1.91. The van der Waals surface area contributed by atoms with Gasteiger partial charge in [0.05, 0.1) is 13.7 Å². The van der Waals surface area contributed by atoms with Crippen LogP contribution < -0.4 is 20.1 Å². The molecule has 0 saturated carbocycles. The van der Waals surface area contributed by atoms with Crippen LogP contribution in [0.4, 0.5) is 0 Å². The first-order valence-corrected chi connectivity index (χ1v) is 7.98. The van der Waals surface area contributed by atoms with E-state index in [1.54, 1.807) is 21.3 Å².